The molecule has 0 unspecified atom stereocenters. The van der Waals surface area contributed by atoms with Gasteiger partial charge < -0.3 is 5.32 Å². The van der Waals surface area contributed by atoms with Gasteiger partial charge in [-0.2, -0.15) is 0 Å². The highest BCUT2D eigenvalue weighted by Crippen LogP contribution is 2.24. The van der Waals surface area contributed by atoms with E-state index in [0.717, 1.165) is 16.1 Å². The second kappa shape index (κ2) is 10.0. The van der Waals surface area contributed by atoms with E-state index in [0.29, 0.717) is 22.1 Å². The highest BCUT2D eigenvalue weighted by Gasteiger charge is 2.29. The fourth-order valence-electron chi connectivity index (χ4n) is 3.25. The largest absolute Gasteiger partial charge is 0.324 e. The van der Waals surface area contributed by atoms with Crippen molar-refractivity contribution in [2.24, 2.45) is 0 Å². The summed E-state index contributed by atoms with van der Waals surface area (Å²) >= 11 is 5.88. The van der Waals surface area contributed by atoms with Crippen molar-refractivity contribution in [3.63, 3.8) is 0 Å². The van der Waals surface area contributed by atoms with Gasteiger partial charge in [-0.05, 0) is 74.0 Å². The van der Waals surface area contributed by atoms with Crippen LogP contribution in [0.25, 0.3) is 0 Å². The number of nitrogens with one attached hydrogen (secondary N) is 2. The molecule has 0 saturated heterocycles. The lowest BCUT2D eigenvalue weighted by Crippen LogP contribution is -2.45. The molecule has 1 amide bonds. The Balaban J connectivity index is 1.77. The lowest BCUT2D eigenvalue weighted by Gasteiger charge is -2.28. The minimum absolute atomic E-state index is 0.0146. The quantitative estimate of drug-likeness (QED) is 0.460. The highest BCUT2D eigenvalue weighted by atomic mass is 35.5. The van der Waals surface area contributed by atoms with Crippen molar-refractivity contribution in [2.75, 3.05) is 20.6 Å². The maximum absolute atomic E-state index is 12.8. The van der Waals surface area contributed by atoms with Crippen LogP contribution in [0.5, 0.6) is 0 Å². The number of carbonyl (C=O) groups excluding carboxylic acids is 1. The smallest absolute Gasteiger partial charge is 0.261 e. The summed E-state index contributed by atoms with van der Waals surface area (Å²) in [5.41, 5.74) is 1.85. The second-order valence-electron chi connectivity index (χ2n) is 7.65. The van der Waals surface area contributed by atoms with E-state index in [-0.39, 0.29) is 4.90 Å². The lowest BCUT2D eigenvalue weighted by atomic mass is 10.2. The molecule has 180 valence electrons. The van der Waals surface area contributed by atoms with E-state index in [1.807, 2.05) is 6.07 Å². The van der Waals surface area contributed by atoms with Gasteiger partial charge in [0, 0.05) is 10.7 Å². The van der Waals surface area contributed by atoms with Gasteiger partial charge in [-0.3, -0.25) is 13.8 Å². The first-order valence-electron chi connectivity index (χ1n) is 10.1. The van der Waals surface area contributed by atoms with E-state index in [1.165, 1.54) is 55.5 Å². The van der Waals surface area contributed by atoms with Gasteiger partial charge in [-0.1, -0.05) is 29.8 Å². The van der Waals surface area contributed by atoms with Crippen molar-refractivity contribution in [3.05, 3.63) is 83.4 Å². The molecule has 0 bridgehead atoms. The van der Waals surface area contributed by atoms with Gasteiger partial charge in [0.25, 0.3) is 10.0 Å². The zero-order chi connectivity index (χ0) is 25.1. The summed E-state index contributed by atoms with van der Waals surface area (Å²) in [6.45, 7) is 3.25. The summed E-state index contributed by atoms with van der Waals surface area (Å²) in [5.74, 6) is -0.589. The van der Waals surface area contributed by atoms with E-state index >= 15 is 0 Å². The van der Waals surface area contributed by atoms with Crippen LogP contribution in [0.15, 0.2) is 77.7 Å². The minimum Gasteiger partial charge on any atom is -0.324 e. The molecule has 34 heavy (non-hydrogen) atoms. The molecule has 8 nitrogen and oxygen atoms in total. The molecule has 0 heterocycles. The van der Waals surface area contributed by atoms with Crippen LogP contribution >= 0.6 is 11.6 Å². The zero-order valence-electron chi connectivity index (χ0n) is 18.7. The van der Waals surface area contributed by atoms with Crippen LogP contribution in [0.2, 0.25) is 5.02 Å². The lowest BCUT2D eigenvalue weighted by molar-refractivity contribution is -0.116. The van der Waals surface area contributed by atoms with E-state index < -0.39 is 32.0 Å². The van der Waals surface area contributed by atoms with Crippen LogP contribution in [0.1, 0.15) is 12.5 Å². The fraction of sp³-hybridized carbons (Fsp3) is 0.174. The van der Waals surface area contributed by atoms with E-state index in [9.17, 15) is 21.6 Å². The number of anilines is 3. The minimum atomic E-state index is -3.83. The summed E-state index contributed by atoms with van der Waals surface area (Å²) in [4.78, 5) is 12.8. The van der Waals surface area contributed by atoms with Gasteiger partial charge in [-0.25, -0.2) is 16.8 Å². The number of nitrogens with zero attached hydrogens (tertiary/aromatic N) is 1. The Morgan fingerprint density at radius 3 is 2.06 bits per heavy atom. The topological polar surface area (TPSA) is 113 Å². The molecule has 3 rings (SSSR count). The SMILES string of the molecule is Cc1ccccc1NS(=O)(=O)c1ccc(NC(=O)[C@H](C)N(c2ccc(Cl)cc2)S(C)(=O)=O)cc1. The zero-order valence-corrected chi connectivity index (χ0v) is 21.1. The molecule has 3 aromatic rings. The predicted molar refractivity (Wildman–Crippen MR) is 135 cm³/mol. The number of amides is 1. The Morgan fingerprint density at radius 2 is 1.50 bits per heavy atom. The maximum Gasteiger partial charge on any atom is 0.261 e. The molecule has 0 aliphatic rings. The summed E-state index contributed by atoms with van der Waals surface area (Å²) in [6.07, 6.45) is 1.01. The molecular weight excluding hydrogens is 498 g/mol. The Labute approximate surface area is 204 Å². The van der Waals surface area contributed by atoms with Crippen molar-refractivity contribution in [3.8, 4) is 0 Å². The number of hydrogen-bond acceptors (Lipinski definition) is 5. The second-order valence-corrected chi connectivity index (χ2v) is 11.6. The Morgan fingerprint density at radius 1 is 0.912 bits per heavy atom. The fourth-order valence-corrected chi connectivity index (χ4v) is 5.68. The molecular formula is C23H24ClN3O5S2. The number of para-hydroxylation sites is 1. The number of hydrogen-bond donors (Lipinski definition) is 2. The Hall–Kier alpha value is -3.08. The summed E-state index contributed by atoms with van der Waals surface area (Å²) < 4.78 is 53.7. The molecule has 3 aromatic carbocycles. The van der Waals surface area contributed by atoms with Gasteiger partial charge in [0.1, 0.15) is 6.04 Å². The van der Waals surface area contributed by atoms with Crippen molar-refractivity contribution in [1.82, 2.24) is 0 Å². The molecule has 0 spiro atoms. The predicted octanol–water partition coefficient (Wildman–Crippen LogP) is 4.24. The van der Waals surface area contributed by atoms with E-state index in [2.05, 4.69) is 10.0 Å². The maximum atomic E-state index is 12.8. The van der Waals surface area contributed by atoms with Gasteiger partial charge in [0.2, 0.25) is 15.9 Å². The van der Waals surface area contributed by atoms with Crippen LogP contribution in [0.4, 0.5) is 17.1 Å². The summed E-state index contributed by atoms with van der Waals surface area (Å²) in [6, 6.07) is 17.6. The monoisotopic (exact) mass is 521 g/mol. The Kier molecular flexibility index (Phi) is 7.54. The molecule has 0 aromatic heterocycles. The van der Waals surface area contributed by atoms with Gasteiger partial charge in [0.15, 0.2) is 0 Å². The number of sulfonamides is 2. The third-order valence-electron chi connectivity index (χ3n) is 4.99. The number of benzene rings is 3. The van der Waals surface area contributed by atoms with Crippen molar-refractivity contribution in [1.29, 1.82) is 0 Å². The summed E-state index contributed by atoms with van der Waals surface area (Å²) in [7, 11) is -7.62. The third kappa shape index (κ3) is 6.07. The first-order valence-corrected chi connectivity index (χ1v) is 13.8. The van der Waals surface area contributed by atoms with Crippen molar-refractivity contribution < 1.29 is 21.6 Å². The summed E-state index contributed by atoms with van der Waals surface area (Å²) in [5, 5.41) is 3.06. The van der Waals surface area contributed by atoms with Gasteiger partial charge in [-0.15, -0.1) is 0 Å². The first-order chi connectivity index (χ1) is 15.9. The average Bonchev–Trinajstić information content (AvgIpc) is 2.76. The van der Waals surface area contributed by atoms with E-state index in [4.69, 9.17) is 11.6 Å². The third-order valence-corrected chi connectivity index (χ3v) is 7.87. The van der Waals surface area contributed by atoms with Crippen LogP contribution in [-0.2, 0) is 24.8 Å². The number of carbonyl (C=O) groups is 1. The van der Waals surface area contributed by atoms with Crippen LogP contribution in [-0.4, -0.2) is 35.0 Å². The van der Waals surface area contributed by atoms with Gasteiger partial charge in [0.05, 0.1) is 22.5 Å². The number of halogens is 1. The standard InChI is InChI=1S/C23H24ClN3O5S2/c1-16-6-4-5-7-22(16)26-34(31,32)21-14-10-19(11-15-21)25-23(28)17(2)27(33(3,29)30)20-12-8-18(24)9-13-20/h4-15,17,26H,1-3H3,(H,25,28)/t17-/m0/s1. The molecule has 2 N–H and O–H groups in total. The van der Waals surface area contributed by atoms with Crippen LogP contribution < -0.4 is 14.3 Å². The highest BCUT2D eigenvalue weighted by molar-refractivity contribution is 7.92. The molecule has 11 heteroatoms. The molecule has 0 aliphatic heterocycles. The van der Waals surface area contributed by atoms with E-state index in [1.54, 1.807) is 25.1 Å². The average molecular weight is 522 g/mol. The van der Waals surface area contributed by atoms with Gasteiger partial charge >= 0.3 is 0 Å². The first kappa shape index (κ1) is 25.5. The molecule has 0 aliphatic carbocycles. The molecule has 0 fully saturated rings. The normalized spacial score (nSPS) is 12.6. The van der Waals surface area contributed by atoms with Crippen LogP contribution in [0, 0.1) is 6.92 Å². The molecule has 0 radical (unpaired) electrons. The molecule has 0 saturated carbocycles. The van der Waals surface area contributed by atoms with Crippen molar-refractivity contribution >= 4 is 54.6 Å². The number of aryl methyl sites for hydroxylation is 1. The van der Waals surface area contributed by atoms with Crippen molar-refractivity contribution in [2.45, 2.75) is 24.8 Å². The Bertz CT molecular complexity index is 1390. The van der Waals surface area contributed by atoms with Crippen LogP contribution in [0.3, 0.4) is 0 Å². The number of rotatable bonds is 8. The molecule has 1 atom stereocenters.